The van der Waals surface area contributed by atoms with Crippen molar-refractivity contribution in [2.75, 3.05) is 0 Å². The van der Waals surface area contributed by atoms with Crippen molar-refractivity contribution in [2.24, 2.45) is 0 Å². The van der Waals surface area contributed by atoms with Gasteiger partial charge in [0.25, 0.3) is 0 Å². The first-order valence-corrected chi connectivity index (χ1v) is 4.16. The SMILES string of the molecule is O=C(O)CC#Cc1ccc(O)cc1Cl. The first kappa shape index (κ1) is 10.4. The van der Waals surface area contributed by atoms with Gasteiger partial charge in [-0.3, -0.25) is 4.79 Å². The quantitative estimate of drug-likeness (QED) is 0.696. The Bertz CT molecular complexity index is 415. The van der Waals surface area contributed by atoms with Gasteiger partial charge in [-0.1, -0.05) is 23.4 Å². The van der Waals surface area contributed by atoms with Crippen molar-refractivity contribution in [3.05, 3.63) is 28.8 Å². The van der Waals surface area contributed by atoms with Crippen LogP contribution < -0.4 is 0 Å². The molecule has 0 saturated carbocycles. The molecule has 0 radical (unpaired) electrons. The highest BCUT2D eigenvalue weighted by Gasteiger charge is 1.97. The van der Waals surface area contributed by atoms with Crippen molar-refractivity contribution >= 4 is 17.6 Å². The molecule has 0 spiro atoms. The maximum atomic E-state index is 10.2. The lowest BCUT2D eigenvalue weighted by Gasteiger charge is -1.95. The minimum Gasteiger partial charge on any atom is -0.508 e. The number of carbonyl (C=O) groups is 1. The molecule has 0 amide bonds. The minimum atomic E-state index is -0.979. The van der Waals surface area contributed by atoms with Gasteiger partial charge in [0.15, 0.2) is 0 Å². The molecule has 2 N–H and O–H groups in total. The number of carboxylic acids is 1. The van der Waals surface area contributed by atoms with Crippen LogP contribution in [0.5, 0.6) is 5.75 Å². The molecule has 0 aliphatic rings. The molecule has 0 atom stereocenters. The summed E-state index contributed by atoms with van der Waals surface area (Å²) < 4.78 is 0. The molecule has 0 saturated heterocycles. The van der Waals surface area contributed by atoms with Crippen LogP contribution in [0, 0.1) is 11.8 Å². The van der Waals surface area contributed by atoms with E-state index in [0.717, 1.165) is 0 Å². The molecule has 1 rings (SSSR count). The molecule has 0 unspecified atom stereocenters. The zero-order chi connectivity index (χ0) is 10.6. The number of phenolic OH excluding ortho intramolecular Hbond substituents is 1. The second-order valence-electron chi connectivity index (χ2n) is 2.54. The smallest absolute Gasteiger partial charge is 0.315 e. The highest BCUT2D eigenvalue weighted by Crippen LogP contribution is 2.20. The van der Waals surface area contributed by atoms with Gasteiger partial charge in [0, 0.05) is 5.56 Å². The summed E-state index contributed by atoms with van der Waals surface area (Å²) in [5.74, 6) is 4.12. The van der Waals surface area contributed by atoms with Gasteiger partial charge in [-0.2, -0.15) is 0 Å². The monoisotopic (exact) mass is 210 g/mol. The van der Waals surface area contributed by atoms with Crippen molar-refractivity contribution in [3.63, 3.8) is 0 Å². The van der Waals surface area contributed by atoms with Gasteiger partial charge < -0.3 is 10.2 Å². The standard InChI is InChI=1S/C10H7ClO3/c11-9-6-8(12)5-4-7(9)2-1-3-10(13)14/h4-6,12H,3H2,(H,13,14). The lowest BCUT2D eigenvalue weighted by Crippen LogP contribution is -1.90. The fraction of sp³-hybridized carbons (Fsp3) is 0.100. The lowest BCUT2D eigenvalue weighted by atomic mass is 10.2. The van der Waals surface area contributed by atoms with Gasteiger partial charge in [0.1, 0.15) is 12.2 Å². The van der Waals surface area contributed by atoms with E-state index < -0.39 is 5.97 Å². The lowest BCUT2D eigenvalue weighted by molar-refractivity contribution is -0.135. The number of carboxylic acid groups (broad SMARTS) is 1. The summed E-state index contributed by atoms with van der Waals surface area (Å²) >= 11 is 5.73. The van der Waals surface area contributed by atoms with Crippen LogP contribution in [0.2, 0.25) is 5.02 Å². The fourth-order valence-corrected chi connectivity index (χ4v) is 1.04. The van der Waals surface area contributed by atoms with Gasteiger partial charge in [-0.05, 0) is 18.2 Å². The molecule has 3 nitrogen and oxygen atoms in total. The maximum absolute atomic E-state index is 10.2. The first-order chi connectivity index (χ1) is 6.59. The average Bonchev–Trinajstić information content (AvgIpc) is 2.08. The van der Waals surface area contributed by atoms with Crippen molar-refractivity contribution in [3.8, 4) is 17.6 Å². The molecule has 1 aromatic rings. The second-order valence-corrected chi connectivity index (χ2v) is 2.94. The van der Waals surface area contributed by atoms with E-state index in [1.807, 2.05) is 0 Å². The molecule has 14 heavy (non-hydrogen) atoms. The molecular weight excluding hydrogens is 204 g/mol. The van der Waals surface area contributed by atoms with Gasteiger partial charge in [0.05, 0.1) is 5.02 Å². The van der Waals surface area contributed by atoms with Crippen molar-refractivity contribution < 1.29 is 15.0 Å². The number of aliphatic carboxylic acids is 1. The van der Waals surface area contributed by atoms with E-state index in [4.69, 9.17) is 21.8 Å². The van der Waals surface area contributed by atoms with Crippen LogP contribution in [0.1, 0.15) is 12.0 Å². The summed E-state index contributed by atoms with van der Waals surface area (Å²) in [7, 11) is 0. The Morgan fingerprint density at radius 3 is 2.79 bits per heavy atom. The normalized spacial score (nSPS) is 8.93. The molecule has 4 heteroatoms. The third kappa shape index (κ3) is 3.00. The third-order valence-corrected chi connectivity index (χ3v) is 1.73. The summed E-state index contributed by atoms with van der Waals surface area (Å²) in [6.45, 7) is 0. The number of hydrogen-bond donors (Lipinski definition) is 2. The number of phenols is 1. The number of hydrogen-bond acceptors (Lipinski definition) is 2. The molecule has 0 aliphatic heterocycles. The Hall–Kier alpha value is -1.66. The summed E-state index contributed by atoms with van der Waals surface area (Å²) in [6, 6.07) is 4.33. The summed E-state index contributed by atoms with van der Waals surface area (Å²) in [4.78, 5) is 10.2. The van der Waals surface area contributed by atoms with Crippen LogP contribution in [-0.4, -0.2) is 16.2 Å². The zero-order valence-corrected chi connectivity index (χ0v) is 7.88. The fourth-order valence-electron chi connectivity index (χ4n) is 0.820. The molecule has 0 aliphatic carbocycles. The highest BCUT2D eigenvalue weighted by atomic mass is 35.5. The van der Waals surface area contributed by atoms with Crippen LogP contribution in [0.15, 0.2) is 18.2 Å². The van der Waals surface area contributed by atoms with E-state index in [9.17, 15) is 4.79 Å². The van der Waals surface area contributed by atoms with Crippen LogP contribution in [0.4, 0.5) is 0 Å². The molecule has 0 aromatic heterocycles. The van der Waals surface area contributed by atoms with E-state index in [1.165, 1.54) is 18.2 Å². The van der Waals surface area contributed by atoms with E-state index in [0.29, 0.717) is 10.6 Å². The van der Waals surface area contributed by atoms with E-state index in [1.54, 1.807) is 0 Å². The van der Waals surface area contributed by atoms with Gasteiger partial charge in [-0.25, -0.2) is 0 Å². The van der Waals surface area contributed by atoms with Crippen LogP contribution in [-0.2, 0) is 4.79 Å². The maximum Gasteiger partial charge on any atom is 0.315 e. The predicted molar refractivity (Wildman–Crippen MR) is 52.2 cm³/mol. The number of rotatable bonds is 1. The molecular formula is C10H7ClO3. The number of aromatic hydroxyl groups is 1. The Kier molecular flexibility index (Phi) is 3.38. The van der Waals surface area contributed by atoms with Crippen LogP contribution in [0.3, 0.4) is 0 Å². The number of halogens is 1. The molecule has 0 fully saturated rings. The van der Waals surface area contributed by atoms with Gasteiger partial charge in [-0.15, -0.1) is 0 Å². The largest absolute Gasteiger partial charge is 0.508 e. The summed E-state index contributed by atoms with van der Waals surface area (Å²) in [5, 5.41) is 17.7. The summed E-state index contributed by atoms with van der Waals surface area (Å²) in [6.07, 6.45) is -0.225. The van der Waals surface area contributed by atoms with Crippen LogP contribution in [0.25, 0.3) is 0 Å². The first-order valence-electron chi connectivity index (χ1n) is 3.79. The Labute approximate surface area is 85.9 Å². The molecule has 1 aromatic carbocycles. The Morgan fingerprint density at radius 2 is 2.21 bits per heavy atom. The van der Waals surface area contributed by atoms with Gasteiger partial charge >= 0.3 is 5.97 Å². The Balaban J connectivity index is 2.85. The van der Waals surface area contributed by atoms with Crippen molar-refractivity contribution in [1.82, 2.24) is 0 Å². The summed E-state index contributed by atoms with van der Waals surface area (Å²) in [5.41, 5.74) is 0.505. The number of benzene rings is 1. The minimum absolute atomic E-state index is 0.0544. The highest BCUT2D eigenvalue weighted by molar-refractivity contribution is 6.31. The van der Waals surface area contributed by atoms with Crippen LogP contribution >= 0.6 is 11.6 Å². The second kappa shape index (κ2) is 4.54. The molecule has 0 heterocycles. The predicted octanol–water partition coefficient (Wildman–Crippen LogP) is 1.87. The third-order valence-electron chi connectivity index (χ3n) is 1.42. The average molecular weight is 211 g/mol. The Morgan fingerprint density at radius 1 is 1.50 bits per heavy atom. The van der Waals surface area contributed by atoms with Crippen molar-refractivity contribution in [2.45, 2.75) is 6.42 Å². The van der Waals surface area contributed by atoms with E-state index in [-0.39, 0.29) is 12.2 Å². The zero-order valence-electron chi connectivity index (χ0n) is 7.12. The van der Waals surface area contributed by atoms with E-state index >= 15 is 0 Å². The topological polar surface area (TPSA) is 57.5 Å². The molecule has 72 valence electrons. The molecule has 0 bridgehead atoms. The van der Waals surface area contributed by atoms with E-state index in [2.05, 4.69) is 11.8 Å². The van der Waals surface area contributed by atoms with Gasteiger partial charge in [0.2, 0.25) is 0 Å². The van der Waals surface area contributed by atoms with Crippen molar-refractivity contribution in [1.29, 1.82) is 0 Å².